The minimum atomic E-state index is 0.490. The maximum Gasteiger partial charge on any atom is 0.249 e. The Kier molecular flexibility index (Phi) is 2.89. The Labute approximate surface area is 91.7 Å². The normalized spacial score (nSPS) is 10.5. The van der Waals surface area contributed by atoms with Crippen LogP contribution in [-0.4, -0.2) is 26.9 Å². The molecule has 0 aromatic carbocycles. The van der Waals surface area contributed by atoms with Crippen molar-refractivity contribution in [1.29, 1.82) is 0 Å². The van der Waals surface area contributed by atoms with Crippen LogP contribution in [0.4, 0.5) is 0 Å². The Morgan fingerprint density at radius 1 is 1.47 bits per heavy atom. The number of hydrogen-bond donors (Lipinski definition) is 1. The third-order valence-electron chi connectivity index (χ3n) is 1.83. The number of aromatic amines is 1. The first-order valence-electron chi connectivity index (χ1n) is 4.38. The van der Waals surface area contributed by atoms with E-state index in [-0.39, 0.29) is 0 Å². The van der Waals surface area contributed by atoms with Crippen LogP contribution in [0.5, 0.6) is 0 Å². The zero-order valence-electron chi connectivity index (χ0n) is 8.17. The number of methoxy groups -OCH3 is 1. The van der Waals surface area contributed by atoms with Crippen LogP contribution < -0.4 is 0 Å². The predicted molar refractivity (Wildman–Crippen MR) is 57.3 cm³/mol. The van der Waals surface area contributed by atoms with Crippen molar-refractivity contribution in [2.45, 2.75) is 6.61 Å². The van der Waals surface area contributed by atoms with E-state index in [0.29, 0.717) is 17.2 Å². The number of aromatic nitrogens is 4. The van der Waals surface area contributed by atoms with Gasteiger partial charge < -0.3 is 4.74 Å². The van der Waals surface area contributed by atoms with Crippen molar-refractivity contribution >= 4 is 12.2 Å². The number of hydrogen-bond acceptors (Lipinski definition) is 4. The molecule has 0 radical (unpaired) electrons. The van der Waals surface area contributed by atoms with Crippen LogP contribution in [-0.2, 0) is 11.3 Å². The van der Waals surface area contributed by atoms with E-state index in [9.17, 15) is 0 Å². The highest BCUT2D eigenvalue weighted by Crippen LogP contribution is 2.04. The molecule has 2 aromatic heterocycles. The van der Waals surface area contributed by atoms with Crippen molar-refractivity contribution in [3.63, 3.8) is 0 Å². The highest BCUT2D eigenvalue weighted by molar-refractivity contribution is 7.71. The average molecular weight is 222 g/mol. The lowest BCUT2D eigenvalue weighted by atomic mass is 10.5. The molecule has 0 saturated carbocycles. The van der Waals surface area contributed by atoms with E-state index in [4.69, 9.17) is 17.0 Å². The van der Waals surface area contributed by atoms with Gasteiger partial charge in [-0.1, -0.05) is 12.2 Å². The van der Waals surface area contributed by atoms with E-state index in [1.54, 1.807) is 30.3 Å². The average Bonchev–Trinajstić information content (AvgIpc) is 2.61. The van der Waals surface area contributed by atoms with Crippen LogP contribution in [0.3, 0.4) is 0 Å². The van der Waals surface area contributed by atoms with Gasteiger partial charge in [-0.15, -0.1) is 0 Å². The summed E-state index contributed by atoms with van der Waals surface area (Å²) in [6, 6.07) is 3.58. The van der Waals surface area contributed by atoms with E-state index in [1.165, 1.54) is 0 Å². The van der Waals surface area contributed by atoms with Crippen LogP contribution in [0.2, 0.25) is 0 Å². The molecule has 0 aliphatic carbocycles. The summed E-state index contributed by atoms with van der Waals surface area (Å²) in [6.07, 6.45) is 3.34. The van der Waals surface area contributed by atoms with Crippen molar-refractivity contribution in [2.24, 2.45) is 0 Å². The van der Waals surface area contributed by atoms with Gasteiger partial charge in [0.2, 0.25) is 5.95 Å². The largest absolute Gasteiger partial charge is 0.378 e. The van der Waals surface area contributed by atoms with Gasteiger partial charge in [-0.05, 0) is 12.1 Å². The fourth-order valence-electron chi connectivity index (χ4n) is 1.23. The van der Waals surface area contributed by atoms with E-state index in [1.807, 2.05) is 6.07 Å². The quantitative estimate of drug-likeness (QED) is 0.799. The standard InChI is InChI=1S/C9H10N4OS/c1-14-6-7-5-8(15)13(12-7)9-10-3-2-4-11-9/h2-5,12H,6H2,1H3. The van der Waals surface area contributed by atoms with E-state index in [2.05, 4.69) is 15.1 Å². The SMILES string of the molecule is COCc1cc(=S)n(-c2ncccn2)[nH]1. The Hall–Kier alpha value is -1.53. The number of rotatable bonds is 3. The maximum absolute atomic E-state index is 5.17. The molecule has 0 fully saturated rings. The van der Waals surface area contributed by atoms with Gasteiger partial charge in [0.15, 0.2) is 0 Å². The second-order valence-electron chi connectivity index (χ2n) is 2.94. The summed E-state index contributed by atoms with van der Waals surface area (Å²) < 4.78 is 7.28. The Balaban J connectivity index is 2.41. The minimum Gasteiger partial charge on any atom is -0.378 e. The molecule has 2 heterocycles. The first-order chi connectivity index (χ1) is 7.31. The molecule has 0 spiro atoms. The molecule has 1 N–H and O–H groups in total. The zero-order chi connectivity index (χ0) is 10.7. The summed E-state index contributed by atoms with van der Waals surface area (Å²) >= 11 is 5.17. The predicted octanol–water partition coefficient (Wildman–Crippen LogP) is 1.47. The summed E-state index contributed by atoms with van der Waals surface area (Å²) in [7, 11) is 1.63. The monoisotopic (exact) mass is 222 g/mol. The van der Waals surface area contributed by atoms with Gasteiger partial charge in [0, 0.05) is 19.5 Å². The summed E-state index contributed by atoms with van der Waals surface area (Å²) in [6.45, 7) is 0.490. The minimum absolute atomic E-state index is 0.490. The summed E-state index contributed by atoms with van der Waals surface area (Å²) in [5.74, 6) is 0.532. The van der Waals surface area contributed by atoms with Crippen molar-refractivity contribution < 1.29 is 4.74 Å². The van der Waals surface area contributed by atoms with Crippen molar-refractivity contribution in [3.05, 3.63) is 34.9 Å². The van der Waals surface area contributed by atoms with E-state index in [0.717, 1.165) is 5.69 Å². The van der Waals surface area contributed by atoms with Crippen molar-refractivity contribution in [2.75, 3.05) is 7.11 Å². The van der Waals surface area contributed by atoms with Gasteiger partial charge in [-0.2, -0.15) is 0 Å². The Bertz CT molecular complexity index is 490. The molecular formula is C9H10N4OS. The maximum atomic E-state index is 5.17. The van der Waals surface area contributed by atoms with Gasteiger partial charge in [0.05, 0.1) is 12.3 Å². The number of ether oxygens (including phenoxy) is 1. The molecule has 2 rings (SSSR count). The second kappa shape index (κ2) is 4.33. The van der Waals surface area contributed by atoms with Gasteiger partial charge >= 0.3 is 0 Å². The molecule has 0 amide bonds. The molecule has 0 aliphatic rings. The lowest BCUT2D eigenvalue weighted by molar-refractivity contribution is 0.181. The third kappa shape index (κ3) is 2.11. The lowest BCUT2D eigenvalue weighted by Crippen LogP contribution is -2.02. The van der Waals surface area contributed by atoms with Crippen LogP contribution in [0.1, 0.15) is 5.69 Å². The van der Waals surface area contributed by atoms with Crippen LogP contribution in [0.25, 0.3) is 5.95 Å². The van der Waals surface area contributed by atoms with Gasteiger partial charge in [0.1, 0.15) is 4.64 Å². The summed E-state index contributed by atoms with van der Waals surface area (Å²) in [5, 5.41) is 3.06. The molecule has 0 bridgehead atoms. The molecular weight excluding hydrogens is 212 g/mol. The molecule has 0 saturated heterocycles. The Morgan fingerprint density at radius 3 is 2.87 bits per heavy atom. The molecule has 0 unspecified atom stereocenters. The smallest absolute Gasteiger partial charge is 0.249 e. The van der Waals surface area contributed by atoms with Crippen molar-refractivity contribution in [3.8, 4) is 5.95 Å². The van der Waals surface area contributed by atoms with Gasteiger partial charge in [-0.25, -0.2) is 14.6 Å². The summed E-state index contributed by atoms with van der Waals surface area (Å²) in [5.41, 5.74) is 0.898. The molecule has 5 nitrogen and oxygen atoms in total. The molecule has 0 atom stereocenters. The fraction of sp³-hybridized carbons (Fsp3) is 0.222. The van der Waals surface area contributed by atoms with Crippen LogP contribution >= 0.6 is 12.2 Å². The second-order valence-corrected chi connectivity index (χ2v) is 3.36. The van der Waals surface area contributed by atoms with Crippen LogP contribution in [0, 0.1) is 4.64 Å². The fourth-order valence-corrected chi connectivity index (χ4v) is 1.50. The molecule has 6 heteroatoms. The number of nitrogens with zero attached hydrogens (tertiary/aromatic N) is 3. The number of nitrogens with one attached hydrogen (secondary N) is 1. The highest BCUT2D eigenvalue weighted by atomic mass is 32.1. The summed E-state index contributed by atoms with van der Waals surface area (Å²) in [4.78, 5) is 8.19. The zero-order valence-corrected chi connectivity index (χ0v) is 8.99. The molecule has 15 heavy (non-hydrogen) atoms. The van der Waals surface area contributed by atoms with E-state index >= 15 is 0 Å². The first-order valence-corrected chi connectivity index (χ1v) is 4.79. The molecule has 0 aliphatic heterocycles. The van der Waals surface area contributed by atoms with Gasteiger partial charge in [-0.3, -0.25) is 5.10 Å². The van der Waals surface area contributed by atoms with E-state index < -0.39 is 0 Å². The molecule has 2 aromatic rings. The topological polar surface area (TPSA) is 55.7 Å². The van der Waals surface area contributed by atoms with Crippen LogP contribution in [0.15, 0.2) is 24.5 Å². The van der Waals surface area contributed by atoms with Crippen molar-refractivity contribution in [1.82, 2.24) is 19.7 Å². The molecule has 78 valence electrons. The highest BCUT2D eigenvalue weighted by Gasteiger charge is 2.03. The lowest BCUT2D eigenvalue weighted by Gasteiger charge is -1.99. The Morgan fingerprint density at radius 2 is 2.20 bits per heavy atom. The third-order valence-corrected chi connectivity index (χ3v) is 2.13. The first kappa shape index (κ1) is 10.0. The van der Waals surface area contributed by atoms with Gasteiger partial charge in [0.25, 0.3) is 0 Å². The number of H-pyrrole nitrogens is 1.